The Balaban J connectivity index is 1.59. The van der Waals surface area contributed by atoms with Crippen molar-refractivity contribution in [1.82, 2.24) is 4.90 Å². The lowest BCUT2D eigenvalue weighted by molar-refractivity contribution is -0.144. The lowest BCUT2D eigenvalue weighted by Gasteiger charge is -2.29. The number of esters is 1. The van der Waals surface area contributed by atoms with E-state index in [4.69, 9.17) is 4.74 Å². The van der Waals surface area contributed by atoms with Gasteiger partial charge in [-0.3, -0.25) is 14.5 Å². The van der Waals surface area contributed by atoms with E-state index in [1.165, 1.54) is 29.2 Å². The summed E-state index contributed by atoms with van der Waals surface area (Å²) in [5.41, 5.74) is 1.40. The molecule has 2 aliphatic rings. The first-order valence-electron chi connectivity index (χ1n) is 8.22. The van der Waals surface area contributed by atoms with Crippen LogP contribution in [0, 0.1) is 5.82 Å². The van der Waals surface area contributed by atoms with Crippen LogP contribution in [0.15, 0.2) is 48.5 Å². The Labute approximate surface area is 148 Å². The van der Waals surface area contributed by atoms with E-state index < -0.39 is 30.0 Å². The maximum atomic E-state index is 13.0. The molecular weight excluding hydrogens is 339 g/mol. The highest BCUT2D eigenvalue weighted by Crippen LogP contribution is 2.38. The fourth-order valence-electron chi connectivity index (χ4n) is 3.35. The average molecular weight is 354 g/mol. The summed E-state index contributed by atoms with van der Waals surface area (Å²) in [5, 5.41) is 2.68. The number of carbonyl (C=O) groups is 3. The van der Waals surface area contributed by atoms with Crippen LogP contribution >= 0.6 is 0 Å². The number of fused-ring (bicyclic) bond motifs is 1. The van der Waals surface area contributed by atoms with Gasteiger partial charge in [0.05, 0.1) is 5.56 Å². The minimum absolute atomic E-state index is 0.192. The number of ether oxygens (including phenoxy) is 1. The van der Waals surface area contributed by atoms with Crippen molar-refractivity contribution in [2.24, 2.45) is 0 Å². The van der Waals surface area contributed by atoms with Gasteiger partial charge >= 0.3 is 5.97 Å². The van der Waals surface area contributed by atoms with E-state index in [-0.39, 0.29) is 12.3 Å². The van der Waals surface area contributed by atoms with Gasteiger partial charge in [-0.05, 0) is 36.8 Å². The molecule has 0 unspecified atom stereocenters. The third-order valence-corrected chi connectivity index (χ3v) is 4.59. The lowest BCUT2D eigenvalue weighted by atomic mass is 10.1. The molecule has 1 N–H and O–H groups in total. The van der Waals surface area contributed by atoms with Gasteiger partial charge in [0.15, 0.2) is 0 Å². The predicted molar refractivity (Wildman–Crippen MR) is 89.5 cm³/mol. The van der Waals surface area contributed by atoms with Crippen molar-refractivity contribution in [3.8, 4) is 0 Å². The minimum Gasteiger partial charge on any atom is -0.433 e. The van der Waals surface area contributed by atoms with Gasteiger partial charge in [0.25, 0.3) is 0 Å². The first-order valence-corrected chi connectivity index (χ1v) is 8.22. The molecule has 1 fully saturated rings. The molecule has 2 atom stereocenters. The average Bonchev–Trinajstić information content (AvgIpc) is 3.17. The number of hydrogen-bond donors (Lipinski definition) is 1. The van der Waals surface area contributed by atoms with Crippen LogP contribution in [-0.2, 0) is 14.3 Å². The highest BCUT2D eigenvalue weighted by Gasteiger charge is 2.46. The second kappa shape index (κ2) is 6.25. The monoisotopic (exact) mass is 354 g/mol. The fraction of sp³-hybridized carbons (Fsp3) is 0.211. The number of benzene rings is 2. The summed E-state index contributed by atoms with van der Waals surface area (Å²) in [6.07, 6.45) is -0.391. The SMILES string of the molecule is O=C1O[C@H](N2C(=O)CC[C@@H]2C(=O)Nc2ccc(F)cc2)c2ccccc21. The van der Waals surface area contributed by atoms with E-state index in [1.54, 1.807) is 24.3 Å². The molecule has 132 valence electrons. The molecule has 26 heavy (non-hydrogen) atoms. The number of nitrogens with zero attached hydrogens (tertiary/aromatic N) is 1. The Kier molecular flexibility index (Phi) is 3.91. The van der Waals surface area contributed by atoms with E-state index in [0.717, 1.165) is 0 Å². The number of hydrogen-bond acceptors (Lipinski definition) is 4. The van der Waals surface area contributed by atoms with Crippen molar-refractivity contribution in [1.29, 1.82) is 0 Å². The summed E-state index contributed by atoms with van der Waals surface area (Å²) in [7, 11) is 0. The molecule has 2 amide bonds. The first-order chi connectivity index (χ1) is 12.5. The Morgan fingerprint density at radius 1 is 1.12 bits per heavy atom. The topological polar surface area (TPSA) is 75.7 Å². The molecule has 1 saturated heterocycles. The van der Waals surface area contributed by atoms with Crippen LogP contribution in [0.3, 0.4) is 0 Å². The Hall–Kier alpha value is -3.22. The highest BCUT2D eigenvalue weighted by atomic mass is 19.1. The summed E-state index contributed by atoms with van der Waals surface area (Å²) in [5.74, 6) is -1.57. The van der Waals surface area contributed by atoms with Gasteiger partial charge in [0.1, 0.15) is 11.9 Å². The first kappa shape index (κ1) is 16.3. The number of amides is 2. The summed E-state index contributed by atoms with van der Waals surface area (Å²) in [4.78, 5) is 38.4. The second-order valence-electron chi connectivity index (χ2n) is 6.20. The minimum atomic E-state index is -0.905. The molecule has 2 aromatic carbocycles. The molecule has 2 heterocycles. The zero-order chi connectivity index (χ0) is 18.3. The highest BCUT2D eigenvalue weighted by molar-refractivity contribution is 6.00. The molecule has 2 aliphatic heterocycles. The van der Waals surface area contributed by atoms with Crippen LogP contribution in [0.2, 0.25) is 0 Å². The number of rotatable bonds is 3. The van der Waals surface area contributed by atoms with E-state index in [2.05, 4.69) is 5.32 Å². The molecule has 0 radical (unpaired) electrons. The zero-order valence-electron chi connectivity index (χ0n) is 13.6. The van der Waals surface area contributed by atoms with Crippen molar-refractivity contribution >= 4 is 23.5 Å². The van der Waals surface area contributed by atoms with Crippen molar-refractivity contribution in [3.63, 3.8) is 0 Å². The molecular formula is C19H15FN2O4. The van der Waals surface area contributed by atoms with Crippen LogP contribution in [0.4, 0.5) is 10.1 Å². The molecule has 6 nitrogen and oxygen atoms in total. The van der Waals surface area contributed by atoms with E-state index >= 15 is 0 Å². The van der Waals surface area contributed by atoms with Gasteiger partial charge in [0, 0.05) is 17.7 Å². The number of cyclic esters (lactones) is 1. The molecule has 0 bridgehead atoms. The number of likely N-dealkylation sites (tertiary alicyclic amines) is 1. The van der Waals surface area contributed by atoms with Crippen LogP contribution < -0.4 is 5.32 Å². The summed E-state index contributed by atoms with van der Waals surface area (Å²) in [6, 6.07) is 11.4. The van der Waals surface area contributed by atoms with Gasteiger partial charge in [-0.25, -0.2) is 9.18 Å². The number of carbonyl (C=O) groups excluding carboxylic acids is 3. The lowest BCUT2D eigenvalue weighted by Crippen LogP contribution is -2.43. The standard InChI is InChI=1S/C19H15FN2O4/c20-11-5-7-12(8-6-11)21-17(24)15-9-10-16(23)22(15)18-13-3-1-2-4-14(13)19(25)26-18/h1-8,15,18H,9-10H2,(H,21,24)/t15-,18+/m1/s1. The van der Waals surface area contributed by atoms with Crippen molar-refractivity contribution in [3.05, 3.63) is 65.5 Å². The maximum absolute atomic E-state index is 13.0. The van der Waals surface area contributed by atoms with Crippen LogP contribution in [0.5, 0.6) is 0 Å². The Bertz CT molecular complexity index is 897. The molecule has 0 saturated carbocycles. The van der Waals surface area contributed by atoms with E-state index in [1.807, 2.05) is 0 Å². The molecule has 7 heteroatoms. The van der Waals surface area contributed by atoms with Gasteiger partial charge in [0.2, 0.25) is 18.0 Å². The Morgan fingerprint density at radius 3 is 2.62 bits per heavy atom. The van der Waals surface area contributed by atoms with E-state index in [9.17, 15) is 18.8 Å². The zero-order valence-corrected chi connectivity index (χ0v) is 13.6. The van der Waals surface area contributed by atoms with Gasteiger partial charge in [-0.15, -0.1) is 0 Å². The fourth-order valence-corrected chi connectivity index (χ4v) is 3.35. The van der Waals surface area contributed by atoms with Crippen molar-refractivity contribution in [2.45, 2.75) is 25.1 Å². The van der Waals surface area contributed by atoms with E-state index in [0.29, 0.717) is 23.2 Å². The summed E-state index contributed by atoms with van der Waals surface area (Å²) >= 11 is 0. The Morgan fingerprint density at radius 2 is 1.85 bits per heavy atom. The number of nitrogens with one attached hydrogen (secondary N) is 1. The van der Waals surface area contributed by atoms with Gasteiger partial charge < -0.3 is 10.1 Å². The van der Waals surface area contributed by atoms with Gasteiger partial charge in [-0.1, -0.05) is 18.2 Å². The normalized spacial score (nSPS) is 21.5. The van der Waals surface area contributed by atoms with Crippen LogP contribution in [-0.4, -0.2) is 28.7 Å². The third kappa shape index (κ3) is 2.71. The molecule has 0 aromatic heterocycles. The van der Waals surface area contributed by atoms with Crippen LogP contribution in [0.1, 0.15) is 35.0 Å². The predicted octanol–water partition coefficient (Wildman–Crippen LogP) is 2.62. The number of anilines is 1. The molecule has 4 rings (SSSR count). The van der Waals surface area contributed by atoms with Crippen LogP contribution in [0.25, 0.3) is 0 Å². The smallest absolute Gasteiger partial charge is 0.340 e. The van der Waals surface area contributed by atoms with Gasteiger partial charge in [-0.2, -0.15) is 0 Å². The molecule has 0 aliphatic carbocycles. The third-order valence-electron chi connectivity index (χ3n) is 4.59. The second-order valence-corrected chi connectivity index (χ2v) is 6.20. The largest absolute Gasteiger partial charge is 0.433 e. The van der Waals surface area contributed by atoms with Crippen molar-refractivity contribution < 1.29 is 23.5 Å². The quantitative estimate of drug-likeness (QED) is 0.860. The summed E-state index contributed by atoms with van der Waals surface area (Å²) in [6.45, 7) is 0. The van der Waals surface area contributed by atoms with Crippen molar-refractivity contribution in [2.75, 3.05) is 5.32 Å². The molecule has 0 spiro atoms. The maximum Gasteiger partial charge on any atom is 0.340 e. The summed E-state index contributed by atoms with van der Waals surface area (Å²) < 4.78 is 18.4. The molecule has 2 aromatic rings. The number of halogens is 1.